The van der Waals surface area contributed by atoms with E-state index in [1.165, 1.54) is 6.42 Å². The van der Waals surface area contributed by atoms with Crippen molar-refractivity contribution in [1.29, 1.82) is 0 Å². The number of carbonyl (C=O) groups excluding carboxylic acids is 1. The molecule has 0 spiro atoms. The second-order valence-electron chi connectivity index (χ2n) is 5.96. The summed E-state index contributed by atoms with van der Waals surface area (Å²) in [7, 11) is 0. The SMILES string of the molecule is C=C\C(C)=C/C=C/C=C/C=C(Cl)\C=C/C.CC.O=CC1CCCC[C@@H]1CO. The van der Waals surface area contributed by atoms with Gasteiger partial charge in [0.15, 0.2) is 0 Å². The van der Waals surface area contributed by atoms with Crippen molar-refractivity contribution in [2.45, 2.75) is 53.4 Å². The van der Waals surface area contributed by atoms with E-state index < -0.39 is 0 Å². The Labute approximate surface area is 171 Å². The van der Waals surface area contributed by atoms with Crippen LogP contribution in [0.3, 0.4) is 0 Å². The number of aldehydes is 1. The summed E-state index contributed by atoms with van der Waals surface area (Å²) in [6, 6.07) is 0. The summed E-state index contributed by atoms with van der Waals surface area (Å²) < 4.78 is 0. The van der Waals surface area contributed by atoms with Crippen LogP contribution in [0.1, 0.15) is 53.4 Å². The summed E-state index contributed by atoms with van der Waals surface area (Å²) in [6.07, 6.45) is 22.5. The van der Waals surface area contributed by atoms with Gasteiger partial charge in [-0.3, -0.25) is 0 Å². The van der Waals surface area contributed by atoms with Gasteiger partial charge in [-0.15, -0.1) is 0 Å². The molecule has 0 radical (unpaired) electrons. The van der Waals surface area contributed by atoms with E-state index in [0.29, 0.717) is 0 Å². The zero-order chi connectivity index (χ0) is 20.9. The number of carbonyl (C=O) groups is 1. The zero-order valence-corrected chi connectivity index (χ0v) is 18.2. The zero-order valence-electron chi connectivity index (χ0n) is 17.4. The van der Waals surface area contributed by atoms with Crippen LogP contribution in [-0.2, 0) is 4.79 Å². The summed E-state index contributed by atoms with van der Waals surface area (Å²) in [5.74, 6) is 0.394. The first kappa shape index (κ1) is 27.6. The van der Waals surface area contributed by atoms with Crippen LogP contribution in [0.15, 0.2) is 71.9 Å². The van der Waals surface area contributed by atoms with Gasteiger partial charge in [0.25, 0.3) is 0 Å². The molecule has 0 saturated heterocycles. The molecular weight excluding hydrogens is 356 g/mol. The molecule has 152 valence electrons. The highest BCUT2D eigenvalue weighted by Gasteiger charge is 2.23. The number of halogens is 1. The van der Waals surface area contributed by atoms with Crippen molar-refractivity contribution < 1.29 is 9.90 Å². The lowest BCUT2D eigenvalue weighted by Crippen LogP contribution is -2.23. The summed E-state index contributed by atoms with van der Waals surface area (Å²) in [6.45, 7) is 11.8. The van der Waals surface area contributed by atoms with Gasteiger partial charge in [-0.25, -0.2) is 0 Å². The molecule has 0 aromatic carbocycles. The second kappa shape index (κ2) is 20.7. The van der Waals surface area contributed by atoms with Crippen molar-refractivity contribution in [3.63, 3.8) is 0 Å². The molecule has 0 aromatic rings. The van der Waals surface area contributed by atoms with E-state index in [0.717, 1.165) is 36.2 Å². The van der Waals surface area contributed by atoms with E-state index >= 15 is 0 Å². The molecule has 1 rings (SSSR count). The summed E-state index contributed by atoms with van der Waals surface area (Å²) >= 11 is 5.84. The molecule has 0 bridgehead atoms. The highest BCUT2D eigenvalue weighted by atomic mass is 35.5. The third-order valence-corrected chi connectivity index (χ3v) is 4.22. The minimum absolute atomic E-state index is 0.138. The Morgan fingerprint density at radius 2 is 1.70 bits per heavy atom. The highest BCUT2D eigenvalue weighted by Crippen LogP contribution is 2.27. The first-order valence-corrected chi connectivity index (χ1v) is 10.2. The van der Waals surface area contributed by atoms with E-state index in [9.17, 15) is 4.79 Å². The van der Waals surface area contributed by atoms with Crippen LogP contribution < -0.4 is 0 Å². The Kier molecular flexibility index (Phi) is 21.1. The average molecular weight is 393 g/mol. The summed E-state index contributed by atoms with van der Waals surface area (Å²) in [4.78, 5) is 10.4. The van der Waals surface area contributed by atoms with Crippen molar-refractivity contribution >= 4 is 17.9 Å². The minimum Gasteiger partial charge on any atom is -0.396 e. The molecule has 1 fully saturated rings. The maximum absolute atomic E-state index is 10.4. The van der Waals surface area contributed by atoms with Crippen molar-refractivity contribution in [2.75, 3.05) is 6.61 Å². The summed E-state index contributed by atoms with van der Waals surface area (Å²) in [5.41, 5.74) is 1.14. The number of allylic oxidation sites excluding steroid dienone is 11. The van der Waals surface area contributed by atoms with Crippen LogP contribution in [0, 0.1) is 11.8 Å². The third kappa shape index (κ3) is 16.3. The van der Waals surface area contributed by atoms with Gasteiger partial charge in [-0.2, -0.15) is 0 Å². The van der Waals surface area contributed by atoms with Crippen LogP contribution in [0.4, 0.5) is 0 Å². The molecule has 1 unspecified atom stereocenters. The Morgan fingerprint density at radius 3 is 2.19 bits per heavy atom. The van der Waals surface area contributed by atoms with Gasteiger partial charge in [-0.05, 0) is 44.8 Å². The number of aliphatic hydroxyl groups excluding tert-OH is 1. The number of aliphatic hydroxyl groups is 1. The van der Waals surface area contributed by atoms with Gasteiger partial charge < -0.3 is 9.90 Å². The molecule has 27 heavy (non-hydrogen) atoms. The smallest absolute Gasteiger partial charge is 0.123 e. The van der Waals surface area contributed by atoms with Gasteiger partial charge in [-0.1, -0.05) is 93.0 Å². The number of hydrogen-bond donors (Lipinski definition) is 1. The molecule has 1 aliphatic rings. The monoisotopic (exact) mass is 392 g/mol. The van der Waals surface area contributed by atoms with Crippen LogP contribution in [-0.4, -0.2) is 18.0 Å². The Hall–Kier alpha value is -1.64. The molecule has 2 atom stereocenters. The second-order valence-corrected chi connectivity index (χ2v) is 6.40. The van der Waals surface area contributed by atoms with Crippen LogP contribution in [0.5, 0.6) is 0 Å². The molecule has 1 saturated carbocycles. The minimum atomic E-state index is 0.138. The van der Waals surface area contributed by atoms with Crippen LogP contribution >= 0.6 is 11.6 Å². The molecule has 0 amide bonds. The van der Waals surface area contributed by atoms with Crippen molar-refractivity contribution in [1.82, 2.24) is 0 Å². The lowest BCUT2D eigenvalue weighted by Gasteiger charge is -2.25. The topological polar surface area (TPSA) is 37.3 Å². The Bertz CT molecular complexity index is 524. The highest BCUT2D eigenvalue weighted by molar-refractivity contribution is 6.31. The molecule has 1 aliphatic carbocycles. The Morgan fingerprint density at radius 1 is 1.11 bits per heavy atom. The maximum atomic E-state index is 10.4. The fourth-order valence-electron chi connectivity index (χ4n) is 2.41. The van der Waals surface area contributed by atoms with Gasteiger partial charge in [0.05, 0.1) is 0 Å². The molecule has 1 N–H and O–H groups in total. The van der Waals surface area contributed by atoms with Crippen molar-refractivity contribution in [3.05, 3.63) is 71.9 Å². The van der Waals surface area contributed by atoms with Gasteiger partial charge in [0.1, 0.15) is 6.29 Å². The molecule has 0 aliphatic heterocycles. The van der Waals surface area contributed by atoms with E-state index in [1.54, 1.807) is 0 Å². The van der Waals surface area contributed by atoms with Gasteiger partial charge >= 0.3 is 0 Å². The van der Waals surface area contributed by atoms with Crippen molar-refractivity contribution in [3.8, 4) is 0 Å². The first-order chi connectivity index (χ1) is 13.1. The average Bonchev–Trinajstić information content (AvgIpc) is 2.72. The quantitative estimate of drug-likeness (QED) is 0.376. The lowest BCUT2D eigenvalue weighted by molar-refractivity contribution is -0.114. The van der Waals surface area contributed by atoms with E-state index in [-0.39, 0.29) is 18.4 Å². The van der Waals surface area contributed by atoms with E-state index in [1.807, 2.05) is 82.4 Å². The predicted molar refractivity (Wildman–Crippen MR) is 121 cm³/mol. The van der Waals surface area contributed by atoms with E-state index in [4.69, 9.17) is 16.7 Å². The fourth-order valence-corrected chi connectivity index (χ4v) is 2.61. The van der Waals surface area contributed by atoms with Crippen LogP contribution in [0.2, 0.25) is 0 Å². The molecular formula is C24H37ClO2. The first-order valence-electron chi connectivity index (χ1n) is 9.77. The Balaban J connectivity index is 0. The van der Waals surface area contributed by atoms with Crippen LogP contribution in [0.25, 0.3) is 0 Å². The van der Waals surface area contributed by atoms with Gasteiger partial charge in [0, 0.05) is 17.6 Å². The molecule has 3 heteroatoms. The lowest BCUT2D eigenvalue weighted by atomic mass is 9.81. The normalized spacial score (nSPS) is 20.8. The fraction of sp³-hybridized carbons (Fsp3) is 0.458. The predicted octanol–water partition coefficient (Wildman–Crippen LogP) is 6.94. The number of hydrogen-bond acceptors (Lipinski definition) is 2. The number of rotatable bonds is 7. The molecule has 0 aromatic heterocycles. The summed E-state index contributed by atoms with van der Waals surface area (Å²) in [5, 5.41) is 9.56. The largest absolute Gasteiger partial charge is 0.396 e. The van der Waals surface area contributed by atoms with Gasteiger partial charge in [0.2, 0.25) is 0 Å². The molecule has 0 heterocycles. The third-order valence-electron chi connectivity index (χ3n) is 3.97. The molecule has 2 nitrogen and oxygen atoms in total. The standard InChI is InChI=1S/C14H17Cl.C8H14O2.C2H6/c1-4-10-14(15)12-9-7-6-8-11-13(3)5-2;9-5-7-3-1-2-4-8(7)6-10;1-2/h4-12H,2H2,1,3H3;5,7-8,10H,1-4,6H2;1-2H3/b8-6+,9-7+,10-4-,13-11-,14-12+;;/t;7?,8-;/m.1./s1. The maximum Gasteiger partial charge on any atom is 0.123 e. The van der Waals surface area contributed by atoms with Crippen molar-refractivity contribution in [2.24, 2.45) is 11.8 Å². The van der Waals surface area contributed by atoms with E-state index in [2.05, 4.69) is 6.58 Å².